The van der Waals surface area contributed by atoms with Crippen molar-refractivity contribution in [3.05, 3.63) is 0 Å². The first-order chi connectivity index (χ1) is 5.53. The van der Waals surface area contributed by atoms with Crippen molar-refractivity contribution in [2.75, 3.05) is 0 Å². The largest absolute Gasteiger partial charge is 0.300 e. The highest BCUT2D eigenvalue weighted by atomic mass is 16.1. The normalized spacial score (nSPS) is 43.4. The molecule has 0 aromatic rings. The van der Waals surface area contributed by atoms with Crippen LogP contribution in [0.5, 0.6) is 0 Å². The van der Waals surface area contributed by atoms with Crippen LogP contribution < -0.4 is 0 Å². The molecule has 1 heteroatoms. The zero-order valence-electron chi connectivity index (χ0n) is 8.26. The molecule has 2 bridgehead atoms. The lowest BCUT2D eigenvalue weighted by molar-refractivity contribution is -0.126. The number of hydrogen-bond donors (Lipinski definition) is 0. The van der Waals surface area contributed by atoms with Crippen LogP contribution in [0.4, 0.5) is 0 Å². The van der Waals surface area contributed by atoms with Gasteiger partial charge in [0, 0.05) is 5.92 Å². The fraction of sp³-hybridized carbons (Fsp3) is 0.909. The van der Waals surface area contributed by atoms with E-state index in [1.165, 1.54) is 19.3 Å². The Balaban J connectivity index is 2.29. The molecule has 0 N–H and O–H groups in total. The van der Waals surface area contributed by atoms with E-state index in [0.717, 1.165) is 11.8 Å². The van der Waals surface area contributed by atoms with Crippen LogP contribution in [0.25, 0.3) is 0 Å². The van der Waals surface area contributed by atoms with Crippen LogP contribution in [0.2, 0.25) is 0 Å². The summed E-state index contributed by atoms with van der Waals surface area (Å²) in [4.78, 5) is 11.5. The molecule has 0 aliphatic heterocycles. The molecule has 0 heterocycles. The van der Waals surface area contributed by atoms with Gasteiger partial charge in [0.1, 0.15) is 5.78 Å². The SMILES string of the molecule is CC(=O)C1C2CCC(C2)C1(C)C. The van der Waals surface area contributed by atoms with E-state index in [4.69, 9.17) is 0 Å². The minimum atomic E-state index is 0.300. The Labute approximate surface area is 74.5 Å². The molecule has 2 rings (SSSR count). The minimum absolute atomic E-state index is 0.300. The van der Waals surface area contributed by atoms with Crippen LogP contribution >= 0.6 is 0 Å². The van der Waals surface area contributed by atoms with Crippen LogP contribution in [-0.2, 0) is 4.79 Å². The van der Waals surface area contributed by atoms with E-state index in [-0.39, 0.29) is 0 Å². The number of Topliss-reactive ketones (excluding diaryl/α,β-unsaturated/α-hetero) is 1. The van der Waals surface area contributed by atoms with Gasteiger partial charge in [-0.2, -0.15) is 0 Å². The molecule has 1 nitrogen and oxygen atoms in total. The van der Waals surface area contributed by atoms with Gasteiger partial charge in [0.25, 0.3) is 0 Å². The highest BCUT2D eigenvalue weighted by Crippen LogP contribution is 2.59. The van der Waals surface area contributed by atoms with Gasteiger partial charge in [-0.05, 0) is 43.4 Å². The molecule has 0 spiro atoms. The number of carbonyl (C=O) groups excluding carboxylic acids is 1. The molecule has 0 radical (unpaired) electrons. The van der Waals surface area contributed by atoms with Gasteiger partial charge in [0.15, 0.2) is 0 Å². The van der Waals surface area contributed by atoms with Gasteiger partial charge >= 0.3 is 0 Å². The van der Waals surface area contributed by atoms with Crippen LogP contribution in [0.1, 0.15) is 40.0 Å². The van der Waals surface area contributed by atoms with Crippen molar-refractivity contribution in [2.24, 2.45) is 23.2 Å². The van der Waals surface area contributed by atoms with E-state index >= 15 is 0 Å². The second-order valence-electron chi connectivity index (χ2n) is 5.18. The molecule has 3 unspecified atom stereocenters. The summed E-state index contributed by atoms with van der Waals surface area (Å²) in [5.41, 5.74) is 0.300. The first-order valence-electron chi connectivity index (χ1n) is 5.04. The van der Waals surface area contributed by atoms with Crippen LogP contribution in [0.15, 0.2) is 0 Å². The summed E-state index contributed by atoms with van der Waals surface area (Å²) in [6.07, 6.45) is 3.98. The number of fused-ring (bicyclic) bond motifs is 2. The van der Waals surface area contributed by atoms with E-state index in [9.17, 15) is 4.79 Å². The lowest BCUT2D eigenvalue weighted by Gasteiger charge is -2.36. The summed E-state index contributed by atoms with van der Waals surface area (Å²) < 4.78 is 0. The van der Waals surface area contributed by atoms with E-state index in [1.807, 2.05) is 0 Å². The summed E-state index contributed by atoms with van der Waals surface area (Å²) in [6, 6.07) is 0. The Morgan fingerprint density at radius 2 is 2.00 bits per heavy atom. The van der Waals surface area contributed by atoms with Crippen LogP contribution in [-0.4, -0.2) is 5.78 Å². The predicted octanol–water partition coefficient (Wildman–Crippen LogP) is 2.65. The average molecular weight is 166 g/mol. The zero-order valence-corrected chi connectivity index (χ0v) is 8.26. The molecule has 12 heavy (non-hydrogen) atoms. The molecule has 0 saturated heterocycles. The summed E-state index contributed by atoms with van der Waals surface area (Å²) >= 11 is 0. The minimum Gasteiger partial charge on any atom is -0.300 e. The summed E-state index contributed by atoms with van der Waals surface area (Å²) in [5, 5.41) is 0. The number of carbonyl (C=O) groups is 1. The molecule has 3 atom stereocenters. The van der Waals surface area contributed by atoms with Gasteiger partial charge in [-0.15, -0.1) is 0 Å². The maximum Gasteiger partial charge on any atom is 0.133 e. The molecule has 2 aliphatic rings. The summed E-state index contributed by atoms with van der Waals surface area (Å²) in [6.45, 7) is 6.33. The summed E-state index contributed by atoms with van der Waals surface area (Å²) in [5.74, 6) is 2.35. The molecular weight excluding hydrogens is 148 g/mol. The third-order valence-corrected chi connectivity index (χ3v) is 4.24. The predicted molar refractivity (Wildman–Crippen MR) is 48.8 cm³/mol. The molecule has 0 amide bonds. The Hall–Kier alpha value is -0.330. The van der Waals surface area contributed by atoms with E-state index in [1.54, 1.807) is 6.92 Å². The van der Waals surface area contributed by atoms with Crippen molar-refractivity contribution in [1.82, 2.24) is 0 Å². The van der Waals surface area contributed by atoms with Crippen molar-refractivity contribution in [3.8, 4) is 0 Å². The van der Waals surface area contributed by atoms with Crippen LogP contribution in [0.3, 0.4) is 0 Å². The summed E-state index contributed by atoms with van der Waals surface area (Å²) in [7, 11) is 0. The van der Waals surface area contributed by atoms with Gasteiger partial charge in [0.05, 0.1) is 0 Å². The van der Waals surface area contributed by atoms with Crippen molar-refractivity contribution in [3.63, 3.8) is 0 Å². The monoisotopic (exact) mass is 166 g/mol. The fourth-order valence-electron chi connectivity index (χ4n) is 3.71. The fourth-order valence-corrected chi connectivity index (χ4v) is 3.71. The average Bonchev–Trinajstić information content (AvgIpc) is 2.41. The standard InChI is InChI=1S/C11H18O/c1-7(12)10-8-4-5-9(6-8)11(10,2)3/h8-10H,4-6H2,1-3H3. The highest BCUT2D eigenvalue weighted by molar-refractivity contribution is 5.80. The molecule has 68 valence electrons. The third kappa shape index (κ3) is 0.884. The highest BCUT2D eigenvalue weighted by Gasteiger charge is 2.54. The first-order valence-corrected chi connectivity index (χ1v) is 5.04. The van der Waals surface area contributed by atoms with Gasteiger partial charge in [-0.3, -0.25) is 4.79 Å². The Bertz CT molecular complexity index is 217. The second-order valence-corrected chi connectivity index (χ2v) is 5.18. The van der Waals surface area contributed by atoms with Gasteiger partial charge < -0.3 is 0 Å². The number of hydrogen-bond acceptors (Lipinski definition) is 1. The van der Waals surface area contributed by atoms with Gasteiger partial charge in [-0.1, -0.05) is 13.8 Å². The smallest absolute Gasteiger partial charge is 0.133 e. The van der Waals surface area contributed by atoms with Gasteiger partial charge in [0.2, 0.25) is 0 Å². The maximum atomic E-state index is 11.5. The lowest BCUT2D eigenvalue weighted by atomic mass is 9.67. The van der Waals surface area contributed by atoms with E-state index in [2.05, 4.69) is 13.8 Å². The maximum absolute atomic E-state index is 11.5. The van der Waals surface area contributed by atoms with E-state index < -0.39 is 0 Å². The quantitative estimate of drug-likeness (QED) is 0.585. The molecular formula is C11H18O. The Kier molecular flexibility index (Phi) is 1.61. The molecule has 2 fully saturated rings. The van der Waals surface area contributed by atoms with Crippen LogP contribution in [0, 0.1) is 23.2 Å². The second kappa shape index (κ2) is 2.34. The first kappa shape index (κ1) is 8.28. The molecule has 2 saturated carbocycles. The zero-order chi connectivity index (χ0) is 8.93. The van der Waals surface area contributed by atoms with Crippen molar-refractivity contribution in [1.29, 1.82) is 0 Å². The van der Waals surface area contributed by atoms with Crippen molar-refractivity contribution < 1.29 is 4.79 Å². The van der Waals surface area contributed by atoms with Gasteiger partial charge in [-0.25, -0.2) is 0 Å². The number of rotatable bonds is 1. The Morgan fingerprint density at radius 3 is 2.33 bits per heavy atom. The topological polar surface area (TPSA) is 17.1 Å². The lowest BCUT2D eigenvalue weighted by Crippen LogP contribution is -2.35. The Morgan fingerprint density at radius 1 is 1.33 bits per heavy atom. The molecule has 0 aromatic heterocycles. The van der Waals surface area contributed by atoms with Crippen molar-refractivity contribution >= 4 is 5.78 Å². The third-order valence-electron chi connectivity index (χ3n) is 4.24. The molecule has 2 aliphatic carbocycles. The van der Waals surface area contributed by atoms with Crippen molar-refractivity contribution in [2.45, 2.75) is 40.0 Å². The number of ketones is 1. The molecule has 0 aromatic carbocycles. The van der Waals surface area contributed by atoms with E-state index in [0.29, 0.717) is 17.1 Å².